The first-order valence-corrected chi connectivity index (χ1v) is 28.3. The van der Waals surface area contributed by atoms with Crippen LogP contribution in [0.1, 0.15) is 310 Å². The second-order valence-corrected chi connectivity index (χ2v) is 19.2. The Hall–Kier alpha value is -2.11. The first-order valence-electron chi connectivity index (χ1n) is 28.3. The molecule has 64 heavy (non-hydrogen) atoms. The van der Waals surface area contributed by atoms with E-state index in [9.17, 15) is 14.4 Å². The highest BCUT2D eigenvalue weighted by atomic mass is 16.6. The monoisotopic (exact) mass is 901 g/mol. The number of esters is 3. The molecule has 376 valence electrons. The molecule has 0 saturated heterocycles. The fourth-order valence-electron chi connectivity index (χ4n) is 8.42. The first kappa shape index (κ1) is 61.9. The highest BCUT2D eigenvalue weighted by Gasteiger charge is 2.19. The summed E-state index contributed by atoms with van der Waals surface area (Å²) < 4.78 is 16.8. The fourth-order valence-corrected chi connectivity index (χ4v) is 8.42. The third-order valence-corrected chi connectivity index (χ3v) is 12.7. The van der Waals surface area contributed by atoms with Crippen LogP contribution < -0.4 is 0 Å². The molecule has 0 bridgehead atoms. The zero-order chi connectivity index (χ0) is 46.5. The van der Waals surface area contributed by atoms with Gasteiger partial charge in [0.15, 0.2) is 6.10 Å². The Balaban J connectivity index is 4.25. The van der Waals surface area contributed by atoms with E-state index in [2.05, 4.69) is 45.1 Å². The normalized spacial score (nSPS) is 12.1. The summed E-state index contributed by atoms with van der Waals surface area (Å²) in [5, 5.41) is 0. The van der Waals surface area contributed by atoms with E-state index >= 15 is 0 Å². The minimum absolute atomic E-state index is 0.0718. The van der Waals surface area contributed by atoms with Gasteiger partial charge in [0.1, 0.15) is 13.2 Å². The molecule has 0 spiro atoms. The molecule has 0 aromatic rings. The van der Waals surface area contributed by atoms with Crippen molar-refractivity contribution >= 4 is 17.9 Å². The molecule has 0 aliphatic rings. The topological polar surface area (TPSA) is 78.9 Å². The molecular formula is C58H108O6. The molecule has 6 heteroatoms. The van der Waals surface area contributed by atoms with Gasteiger partial charge in [-0.3, -0.25) is 14.4 Å². The smallest absolute Gasteiger partial charge is 0.306 e. The average Bonchev–Trinajstić information content (AvgIpc) is 3.29. The van der Waals surface area contributed by atoms with Gasteiger partial charge in [-0.1, -0.05) is 270 Å². The number of hydrogen-bond acceptors (Lipinski definition) is 6. The van der Waals surface area contributed by atoms with Crippen molar-refractivity contribution in [1.82, 2.24) is 0 Å². The third-order valence-electron chi connectivity index (χ3n) is 12.7. The van der Waals surface area contributed by atoms with Crippen molar-refractivity contribution in [2.75, 3.05) is 13.2 Å². The van der Waals surface area contributed by atoms with Crippen LogP contribution in [0.3, 0.4) is 0 Å². The summed E-state index contributed by atoms with van der Waals surface area (Å²) in [5.41, 5.74) is 0. The molecule has 0 aliphatic heterocycles. The molecule has 0 heterocycles. The maximum atomic E-state index is 12.8. The van der Waals surface area contributed by atoms with Crippen LogP contribution in [0.5, 0.6) is 0 Å². The van der Waals surface area contributed by atoms with E-state index in [1.54, 1.807) is 0 Å². The molecule has 6 nitrogen and oxygen atoms in total. The van der Waals surface area contributed by atoms with E-state index in [0.29, 0.717) is 19.3 Å². The Morgan fingerprint density at radius 2 is 0.594 bits per heavy atom. The minimum Gasteiger partial charge on any atom is -0.462 e. The molecule has 0 amide bonds. The van der Waals surface area contributed by atoms with Gasteiger partial charge in [-0.15, -0.1) is 0 Å². The molecule has 0 aliphatic carbocycles. The van der Waals surface area contributed by atoms with Crippen LogP contribution in [0.2, 0.25) is 0 Å². The van der Waals surface area contributed by atoms with Crippen LogP contribution in [-0.4, -0.2) is 37.2 Å². The third kappa shape index (κ3) is 50.9. The molecule has 0 N–H and O–H groups in total. The van der Waals surface area contributed by atoms with Crippen LogP contribution in [0.15, 0.2) is 24.3 Å². The Morgan fingerprint density at radius 3 is 0.922 bits per heavy atom. The lowest BCUT2D eigenvalue weighted by Gasteiger charge is -2.18. The number of carbonyl (C=O) groups excluding carboxylic acids is 3. The molecule has 0 aromatic carbocycles. The minimum atomic E-state index is -0.773. The number of carbonyl (C=O) groups is 3. The lowest BCUT2D eigenvalue weighted by molar-refractivity contribution is -0.167. The van der Waals surface area contributed by atoms with E-state index in [1.165, 1.54) is 180 Å². The van der Waals surface area contributed by atoms with E-state index in [1.807, 2.05) is 0 Å². The van der Waals surface area contributed by atoms with Gasteiger partial charge in [-0.2, -0.15) is 0 Å². The predicted molar refractivity (Wildman–Crippen MR) is 275 cm³/mol. The highest BCUT2D eigenvalue weighted by Crippen LogP contribution is 2.17. The van der Waals surface area contributed by atoms with Crippen molar-refractivity contribution in [2.24, 2.45) is 0 Å². The Labute approximate surface area is 398 Å². The standard InChI is InChI=1S/C58H108O6/c1-4-7-10-13-16-19-22-25-26-27-28-29-30-31-32-34-36-39-42-45-48-51-57(60)63-54-55(53-62-56(59)50-47-44-41-38-35-24-21-18-15-12-9-6-3)64-58(61)52-49-46-43-40-37-33-23-20-17-14-11-8-5-2/h11,14,20,23,55H,4-10,12-13,15-19,21-22,24-54H2,1-3H3/b14-11-,23-20-. The first-order chi connectivity index (χ1) is 31.5. The summed E-state index contributed by atoms with van der Waals surface area (Å²) in [5.74, 6) is -0.868. The summed E-state index contributed by atoms with van der Waals surface area (Å²) in [6.07, 6.45) is 61.7. The average molecular weight is 901 g/mol. The Morgan fingerprint density at radius 1 is 0.312 bits per heavy atom. The van der Waals surface area contributed by atoms with Gasteiger partial charge >= 0.3 is 17.9 Å². The van der Waals surface area contributed by atoms with Crippen LogP contribution in [0, 0.1) is 0 Å². The molecule has 0 fully saturated rings. The lowest BCUT2D eigenvalue weighted by Crippen LogP contribution is -2.30. The van der Waals surface area contributed by atoms with Crippen molar-refractivity contribution in [3.05, 3.63) is 24.3 Å². The van der Waals surface area contributed by atoms with Crippen molar-refractivity contribution in [3.8, 4) is 0 Å². The maximum Gasteiger partial charge on any atom is 0.306 e. The highest BCUT2D eigenvalue weighted by molar-refractivity contribution is 5.71. The quantitative estimate of drug-likeness (QED) is 0.0262. The van der Waals surface area contributed by atoms with Gasteiger partial charge in [-0.05, 0) is 44.9 Å². The van der Waals surface area contributed by atoms with Crippen molar-refractivity contribution in [3.63, 3.8) is 0 Å². The Kier molecular flexibility index (Phi) is 51.7. The molecule has 0 radical (unpaired) electrons. The number of hydrogen-bond donors (Lipinski definition) is 0. The number of ether oxygens (including phenoxy) is 3. The number of unbranched alkanes of at least 4 members (excludes halogenated alkanes) is 37. The summed E-state index contributed by atoms with van der Waals surface area (Å²) in [6, 6.07) is 0. The van der Waals surface area contributed by atoms with E-state index in [4.69, 9.17) is 14.2 Å². The SMILES string of the molecule is CCC/C=C\C/C=C\CCCCCCCC(=O)OC(COC(=O)CCCCCCCCCCCCCC)COC(=O)CCCCCCCCCCCCCCCCCCCCCCC. The molecule has 0 aromatic heterocycles. The summed E-state index contributed by atoms with van der Waals surface area (Å²) in [4.78, 5) is 38.0. The van der Waals surface area contributed by atoms with Crippen LogP contribution in [0.25, 0.3) is 0 Å². The second-order valence-electron chi connectivity index (χ2n) is 19.2. The fraction of sp³-hybridized carbons (Fsp3) is 0.879. The molecule has 0 saturated carbocycles. The van der Waals surface area contributed by atoms with Gasteiger partial charge in [0.25, 0.3) is 0 Å². The van der Waals surface area contributed by atoms with Crippen molar-refractivity contribution in [2.45, 2.75) is 316 Å². The van der Waals surface area contributed by atoms with Gasteiger partial charge in [0.05, 0.1) is 0 Å². The predicted octanol–water partition coefficient (Wildman–Crippen LogP) is 18.7. The lowest BCUT2D eigenvalue weighted by atomic mass is 10.0. The van der Waals surface area contributed by atoms with Crippen molar-refractivity contribution in [1.29, 1.82) is 0 Å². The van der Waals surface area contributed by atoms with Crippen LogP contribution in [0.4, 0.5) is 0 Å². The van der Waals surface area contributed by atoms with Gasteiger partial charge in [0, 0.05) is 19.3 Å². The van der Waals surface area contributed by atoms with Gasteiger partial charge < -0.3 is 14.2 Å². The Bertz CT molecular complexity index is 1040. The van der Waals surface area contributed by atoms with Gasteiger partial charge in [0.2, 0.25) is 0 Å². The van der Waals surface area contributed by atoms with E-state index < -0.39 is 6.10 Å². The second kappa shape index (κ2) is 53.5. The van der Waals surface area contributed by atoms with Gasteiger partial charge in [-0.25, -0.2) is 0 Å². The maximum absolute atomic E-state index is 12.8. The van der Waals surface area contributed by atoms with E-state index in [0.717, 1.165) is 89.9 Å². The largest absolute Gasteiger partial charge is 0.462 e. The number of allylic oxidation sites excluding steroid dienone is 4. The molecule has 1 atom stereocenters. The zero-order valence-corrected chi connectivity index (χ0v) is 43.1. The summed E-state index contributed by atoms with van der Waals surface area (Å²) >= 11 is 0. The summed E-state index contributed by atoms with van der Waals surface area (Å²) in [7, 11) is 0. The van der Waals surface area contributed by atoms with Crippen LogP contribution in [-0.2, 0) is 28.6 Å². The van der Waals surface area contributed by atoms with E-state index in [-0.39, 0.29) is 31.1 Å². The zero-order valence-electron chi connectivity index (χ0n) is 43.1. The number of rotatable bonds is 52. The molecule has 0 rings (SSSR count). The molecule has 1 unspecified atom stereocenters. The van der Waals surface area contributed by atoms with Crippen molar-refractivity contribution < 1.29 is 28.6 Å². The van der Waals surface area contributed by atoms with Crippen LogP contribution >= 0.6 is 0 Å². The summed E-state index contributed by atoms with van der Waals surface area (Å²) in [6.45, 7) is 6.60. The molecular weight excluding hydrogens is 793 g/mol.